The van der Waals surface area contributed by atoms with Crippen LogP contribution in [0.4, 0.5) is 5.82 Å². The van der Waals surface area contributed by atoms with Gasteiger partial charge in [0.15, 0.2) is 0 Å². The number of benzene rings is 1. The molecule has 3 rings (SSSR count). The van der Waals surface area contributed by atoms with Gasteiger partial charge in [0.05, 0.1) is 16.7 Å². The van der Waals surface area contributed by atoms with Gasteiger partial charge in [-0.05, 0) is 60.9 Å². The van der Waals surface area contributed by atoms with Gasteiger partial charge in [-0.3, -0.25) is 19.6 Å². The van der Waals surface area contributed by atoms with Crippen LogP contribution in [0.2, 0.25) is 5.02 Å². The predicted molar refractivity (Wildman–Crippen MR) is 157 cm³/mol. The zero-order valence-corrected chi connectivity index (χ0v) is 24.4. The van der Waals surface area contributed by atoms with E-state index in [1.807, 2.05) is 48.6 Å². The number of pyridine rings is 2. The average molecular weight is 635 g/mol. The highest BCUT2D eigenvalue weighted by molar-refractivity contribution is 14.1. The molecule has 0 aliphatic rings. The number of amidine groups is 1. The lowest BCUT2D eigenvalue weighted by Crippen LogP contribution is -2.28. The standard InChI is InChI=1S/C26H28ClIN6O3/c1-13-17(27)10-16(14(2)34-12-18(28)22(35)21(24(29)30-3)25(34)31-4)23(37-7)20(13)15-8-9-19(32-11-15)26(36)33(5)6/h8-12,14H,4H2,1-3,5-7H3,(H2,29,30). The Morgan fingerprint density at radius 2 is 2.03 bits per heavy atom. The summed E-state index contributed by atoms with van der Waals surface area (Å²) in [4.78, 5) is 39.2. The summed E-state index contributed by atoms with van der Waals surface area (Å²) in [6.45, 7) is 7.50. The van der Waals surface area contributed by atoms with Gasteiger partial charge in [0.2, 0.25) is 5.43 Å². The quantitative estimate of drug-likeness (QED) is 0.234. The molecule has 194 valence electrons. The number of hydrogen-bond acceptors (Lipinski definition) is 6. The van der Waals surface area contributed by atoms with Crippen LogP contribution in [-0.4, -0.2) is 61.2 Å². The molecule has 0 saturated carbocycles. The Labute approximate surface area is 234 Å². The highest BCUT2D eigenvalue weighted by Gasteiger charge is 2.26. The fraction of sp³-hybridized carbons (Fsp3) is 0.269. The molecular formula is C26H28ClIN6O3. The molecule has 3 aromatic rings. The van der Waals surface area contributed by atoms with Crippen LogP contribution in [0.1, 0.15) is 40.1 Å². The summed E-state index contributed by atoms with van der Waals surface area (Å²) in [6, 6.07) is 4.92. The van der Waals surface area contributed by atoms with Crippen LogP contribution in [-0.2, 0) is 0 Å². The van der Waals surface area contributed by atoms with Gasteiger partial charge in [0.25, 0.3) is 5.91 Å². The smallest absolute Gasteiger partial charge is 0.271 e. The fourth-order valence-corrected chi connectivity index (χ4v) is 4.84. The van der Waals surface area contributed by atoms with Crippen molar-refractivity contribution in [3.8, 4) is 16.9 Å². The number of rotatable bonds is 7. The Kier molecular flexibility index (Phi) is 8.75. The monoisotopic (exact) mass is 634 g/mol. The topological polar surface area (TPSA) is 115 Å². The summed E-state index contributed by atoms with van der Waals surface area (Å²) >= 11 is 8.68. The third kappa shape index (κ3) is 5.26. The van der Waals surface area contributed by atoms with Gasteiger partial charge in [-0.25, -0.2) is 4.99 Å². The van der Waals surface area contributed by atoms with E-state index in [1.165, 1.54) is 11.9 Å². The maximum Gasteiger partial charge on any atom is 0.271 e. The van der Waals surface area contributed by atoms with E-state index in [0.29, 0.717) is 20.0 Å². The maximum absolute atomic E-state index is 12.9. The van der Waals surface area contributed by atoms with Crippen LogP contribution in [0.3, 0.4) is 0 Å². The first-order valence-corrected chi connectivity index (χ1v) is 12.6. The summed E-state index contributed by atoms with van der Waals surface area (Å²) in [5.41, 5.74) is 9.31. The van der Waals surface area contributed by atoms with E-state index in [4.69, 9.17) is 22.1 Å². The summed E-state index contributed by atoms with van der Waals surface area (Å²) < 4.78 is 8.16. The van der Waals surface area contributed by atoms with E-state index >= 15 is 0 Å². The summed E-state index contributed by atoms with van der Waals surface area (Å²) in [7, 11) is 6.43. The van der Waals surface area contributed by atoms with Crippen LogP contribution in [0.25, 0.3) is 11.1 Å². The molecule has 0 aliphatic carbocycles. The molecule has 2 heterocycles. The van der Waals surface area contributed by atoms with Gasteiger partial charge in [0, 0.05) is 55.2 Å². The number of nitrogens with two attached hydrogens (primary N) is 1. The molecule has 0 saturated heterocycles. The Morgan fingerprint density at radius 3 is 2.54 bits per heavy atom. The van der Waals surface area contributed by atoms with Gasteiger partial charge in [-0.15, -0.1) is 0 Å². The Bertz CT molecular complexity index is 1460. The second-order valence-electron chi connectivity index (χ2n) is 8.47. The van der Waals surface area contributed by atoms with Crippen molar-refractivity contribution < 1.29 is 9.53 Å². The molecular weight excluding hydrogens is 607 g/mol. The minimum Gasteiger partial charge on any atom is -0.496 e. The van der Waals surface area contributed by atoms with Crippen molar-refractivity contribution in [3.05, 3.63) is 71.8 Å². The Morgan fingerprint density at radius 1 is 1.35 bits per heavy atom. The fourth-order valence-electron chi connectivity index (χ4n) is 4.06. The number of hydrogen-bond donors (Lipinski definition) is 1. The first-order valence-electron chi connectivity index (χ1n) is 11.2. The molecule has 1 amide bonds. The number of carbonyl (C=O) groups is 1. The van der Waals surface area contributed by atoms with E-state index < -0.39 is 6.04 Å². The number of aromatic nitrogens is 2. The van der Waals surface area contributed by atoms with Gasteiger partial charge < -0.3 is 19.9 Å². The first-order chi connectivity index (χ1) is 17.5. The van der Waals surface area contributed by atoms with Crippen molar-refractivity contribution in [2.45, 2.75) is 19.9 Å². The van der Waals surface area contributed by atoms with Crippen molar-refractivity contribution in [1.29, 1.82) is 0 Å². The number of aliphatic imine (C=N–C) groups is 2. The van der Waals surface area contributed by atoms with E-state index in [0.717, 1.165) is 22.3 Å². The molecule has 11 heteroatoms. The van der Waals surface area contributed by atoms with Crippen molar-refractivity contribution in [2.75, 3.05) is 28.3 Å². The third-order valence-corrected chi connectivity index (χ3v) is 7.23. The number of ether oxygens (including phenoxy) is 1. The van der Waals surface area contributed by atoms with Crippen LogP contribution < -0.4 is 15.9 Å². The molecule has 1 aromatic carbocycles. The number of carbonyl (C=O) groups excluding carboxylic acids is 1. The number of amides is 1. The highest BCUT2D eigenvalue weighted by atomic mass is 127. The predicted octanol–water partition coefficient (Wildman–Crippen LogP) is 4.46. The van der Waals surface area contributed by atoms with E-state index in [2.05, 4.69) is 21.7 Å². The second kappa shape index (κ2) is 11.4. The van der Waals surface area contributed by atoms with Crippen LogP contribution in [0.5, 0.6) is 5.75 Å². The van der Waals surface area contributed by atoms with Crippen LogP contribution in [0, 0.1) is 10.5 Å². The summed E-state index contributed by atoms with van der Waals surface area (Å²) in [6.07, 6.45) is 3.32. The zero-order valence-electron chi connectivity index (χ0n) is 21.5. The van der Waals surface area contributed by atoms with Crippen LogP contribution >= 0.6 is 34.2 Å². The minimum absolute atomic E-state index is 0.0693. The average Bonchev–Trinajstić information content (AvgIpc) is 2.89. The molecule has 0 aliphatic heterocycles. The van der Waals surface area contributed by atoms with E-state index in [-0.39, 0.29) is 28.6 Å². The highest BCUT2D eigenvalue weighted by Crippen LogP contribution is 2.43. The molecule has 0 radical (unpaired) electrons. The molecule has 0 bridgehead atoms. The second-order valence-corrected chi connectivity index (χ2v) is 10.0. The van der Waals surface area contributed by atoms with Crippen LogP contribution in [0.15, 0.2) is 45.4 Å². The van der Waals surface area contributed by atoms with Gasteiger partial charge in [-0.2, -0.15) is 0 Å². The summed E-state index contributed by atoms with van der Waals surface area (Å²) in [5.74, 6) is 0.735. The molecule has 2 N–H and O–H groups in total. The molecule has 0 fully saturated rings. The number of nitrogens with zero attached hydrogens (tertiary/aromatic N) is 5. The zero-order chi connectivity index (χ0) is 27.6. The van der Waals surface area contributed by atoms with Crippen molar-refractivity contribution >= 4 is 58.5 Å². The Balaban J connectivity index is 2.28. The molecule has 1 unspecified atom stereocenters. The lowest BCUT2D eigenvalue weighted by atomic mass is 9.94. The molecule has 1 atom stereocenters. The molecule has 0 spiro atoms. The van der Waals surface area contributed by atoms with Crippen molar-refractivity contribution in [2.24, 2.45) is 15.7 Å². The third-order valence-electron chi connectivity index (χ3n) is 6.07. The molecule has 37 heavy (non-hydrogen) atoms. The largest absolute Gasteiger partial charge is 0.496 e. The first kappa shape index (κ1) is 28.3. The number of methoxy groups -OCH3 is 1. The van der Waals surface area contributed by atoms with Gasteiger partial charge in [-0.1, -0.05) is 17.7 Å². The summed E-state index contributed by atoms with van der Waals surface area (Å²) in [5, 5.41) is 0.518. The lowest BCUT2D eigenvalue weighted by Gasteiger charge is -2.25. The van der Waals surface area contributed by atoms with Crippen molar-refractivity contribution in [3.63, 3.8) is 0 Å². The minimum atomic E-state index is -0.396. The maximum atomic E-state index is 12.9. The number of halogens is 2. The van der Waals surface area contributed by atoms with Gasteiger partial charge >= 0.3 is 0 Å². The van der Waals surface area contributed by atoms with E-state index in [1.54, 1.807) is 44.2 Å². The molecule has 2 aromatic heterocycles. The Hall–Kier alpha value is -3.25. The SMILES string of the molecule is C=Nc1c(C(N)=NC)c(=O)c(I)cn1C(C)c1cc(Cl)c(C)c(-c2ccc(C(=O)N(C)C)nc2)c1OC. The molecule has 9 nitrogen and oxygen atoms in total. The lowest BCUT2D eigenvalue weighted by molar-refractivity contribution is 0.0822. The van der Waals surface area contributed by atoms with E-state index in [9.17, 15) is 9.59 Å². The normalized spacial score (nSPS) is 12.3. The van der Waals surface area contributed by atoms with Crippen molar-refractivity contribution in [1.82, 2.24) is 14.5 Å². The van der Waals surface area contributed by atoms with Gasteiger partial charge in [0.1, 0.15) is 28.7 Å².